The fourth-order valence-corrected chi connectivity index (χ4v) is 3.25. The molecule has 0 saturated carbocycles. The molecule has 2 rings (SSSR count). The third-order valence-electron chi connectivity index (χ3n) is 4.06. The van der Waals surface area contributed by atoms with Crippen LogP contribution < -0.4 is 0 Å². The van der Waals surface area contributed by atoms with E-state index in [1.54, 1.807) is 5.57 Å². The Hall–Kier alpha value is -0.560. The molecular formula is C15H24O. The summed E-state index contributed by atoms with van der Waals surface area (Å²) in [7, 11) is 0. The van der Waals surface area contributed by atoms with Gasteiger partial charge < -0.3 is 4.74 Å². The van der Waals surface area contributed by atoms with Gasteiger partial charge in [-0.05, 0) is 51.4 Å². The molecule has 1 aliphatic carbocycles. The van der Waals surface area contributed by atoms with Gasteiger partial charge in [-0.15, -0.1) is 0 Å². The highest BCUT2D eigenvalue weighted by atomic mass is 16.5. The SMILES string of the molecule is C=C1C[C@H](C)O[C@@H]([C@H]2CC=C(C)C[C@@H]2C)C1. The number of rotatable bonds is 1. The van der Waals surface area contributed by atoms with Crippen molar-refractivity contribution < 1.29 is 4.74 Å². The van der Waals surface area contributed by atoms with Crippen LogP contribution in [0.5, 0.6) is 0 Å². The molecule has 4 atom stereocenters. The zero-order valence-corrected chi connectivity index (χ0v) is 10.8. The van der Waals surface area contributed by atoms with Crippen molar-refractivity contribution in [2.75, 3.05) is 0 Å². The zero-order valence-electron chi connectivity index (χ0n) is 10.8. The minimum Gasteiger partial charge on any atom is -0.374 e. The highest BCUT2D eigenvalue weighted by Gasteiger charge is 2.33. The van der Waals surface area contributed by atoms with E-state index in [1.165, 1.54) is 18.4 Å². The van der Waals surface area contributed by atoms with Crippen molar-refractivity contribution in [1.82, 2.24) is 0 Å². The summed E-state index contributed by atoms with van der Waals surface area (Å²) >= 11 is 0. The lowest BCUT2D eigenvalue weighted by Crippen LogP contribution is -2.36. The van der Waals surface area contributed by atoms with Crippen LogP contribution in [0.2, 0.25) is 0 Å². The fraction of sp³-hybridized carbons (Fsp3) is 0.733. The molecule has 1 saturated heterocycles. The molecule has 0 unspecified atom stereocenters. The minimum atomic E-state index is 0.366. The average Bonchev–Trinajstić information content (AvgIpc) is 2.15. The van der Waals surface area contributed by atoms with E-state index < -0.39 is 0 Å². The van der Waals surface area contributed by atoms with Gasteiger partial charge in [-0.1, -0.05) is 30.7 Å². The Bertz CT molecular complexity index is 303. The molecule has 0 aromatic carbocycles. The molecule has 0 amide bonds. The van der Waals surface area contributed by atoms with Crippen molar-refractivity contribution in [3.8, 4) is 0 Å². The maximum Gasteiger partial charge on any atom is 0.0649 e. The van der Waals surface area contributed by atoms with Crippen LogP contribution in [0, 0.1) is 11.8 Å². The van der Waals surface area contributed by atoms with Gasteiger partial charge in [0.05, 0.1) is 12.2 Å². The molecule has 1 aliphatic heterocycles. The molecule has 1 heteroatoms. The standard InChI is InChI=1S/C15H24O/c1-10-5-6-14(12(3)7-10)15-9-11(2)8-13(4)16-15/h5,12-15H,2,6-9H2,1,3-4H3/t12-,13-,14-,15+/m0/s1. The molecule has 1 fully saturated rings. The van der Waals surface area contributed by atoms with Crippen molar-refractivity contribution in [3.63, 3.8) is 0 Å². The van der Waals surface area contributed by atoms with Crippen LogP contribution in [0.1, 0.15) is 46.5 Å². The van der Waals surface area contributed by atoms with E-state index in [1.807, 2.05) is 0 Å². The van der Waals surface area contributed by atoms with Crippen LogP contribution in [-0.2, 0) is 4.74 Å². The van der Waals surface area contributed by atoms with Crippen LogP contribution in [0.15, 0.2) is 23.8 Å². The quantitative estimate of drug-likeness (QED) is 0.604. The predicted molar refractivity (Wildman–Crippen MR) is 68.4 cm³/mol. The Labute approximate surface area is 99.6 Å². The summed E-state index contributed by atoms with van der Waals surface area (Å²) in [4.78, 5) is 0. The average molecular weight is 220 g/mol. The van der Waals surface area contributed by atoms with Gasteiger partial charge in [0.2, 0.25) is 0 Å². The first-order valence-electron chi connectivity index (χ1n) is 6.54. The monoisotopic (exact) mass is 220 g/mol. The highest BCUT2D eigenvalue weighted by Crippen LogP contribution is 2.37. The Balaban J connectivity index is 2.04. The molecule has 16 heavy (non-hydrogen) atoms. The van der Waals surface area contributed by atoms with Gasteiger partial charge >= 0.3 is 0 Å². The second-order valence-corrected chi connectivity index (χ2v) is 5.77. The molecule has 0 bridgehead atoms. The van der Waals surface area contributed by atoms with E-state index in [2.05, 4.69) is 33.4 Å². The van der Waals surface area contributed by atoms with E-state index >= 15 is 0 Å². The van der Waals surface area contributed by atoms with Gasteiger partial charge in [-0.25, -0.2) is 0 Å². The largest absolute Gasteiger partial charge is 0.374 e. The van der Waals surface area contributed by atoms with E-state index in [0.717, 1.165) is 18.8 Å². The normalized spacial score (nSPS) is 40.7. The molecule has 0 spiro atoms. The number of ether oxygens (including phenoxy) is 1. The third-order valence-corrected chi connectivity index (χ3v) is 4.06. The van der Waals surface area contributed by atoms with Gasteiger partial charge in [0, 0.05) is 0 Å². The van der Waals surface area contributed by atoms with E-state index in [4.69, 9.17) is 4.74 Å². The summed E-state index contributed by atoms with van der Waals surface area (Å²) < 4.78 is 6.11. The molecule has 1 nitrogen and oxygen atoms in total. The molecule has 90 valence electrons. The lowest BCUT2D eigenvalue weighted by atomic mass is 9.75. The first-order valence-corrected chi connectivity index (χ1v) is 6.54. The molecule has 0 aromatic heterocycles. The fourth-order valence-electron chi connectivity index (χ4n) is 3.25. The van der Waals surface area contributed by atoms with Crippen molar-refractivity contribution in [2.24, 2.45) is 11.8 Å². The lowest BCUT2D eigenvalue weighted by molar-refractivity contribution is -0.0640. The summed E-state index contributed by atoms with van der Waals surface area (Å²) in [5, 5.41) is 0. The second kappa shape index (κ2) is 4.75. The highest BCUT2D eigenvalue weighted by molar-refractivity contribution is 5.09. The van der Waals surface area contributed by atoms with Gasteiger partial charge in [-0.3, -0.25) is 0 Å². The Morgan fingerprint density at radius 1 is 1.25 bits per heavy atom. The van der Waals surface area contributed by atoms with Crippen molar-refractivity contribution in [1.29, 1.82) is 0 Å². The van der Waals surface area contributed by atoms with Crippen molar-refractivity contribution in [2.45, 2.75) is 58.7 Å². The van der Waals surface area contributed by atoms with Crippen LogP contribution in [0.4, 0.5) is 0 Å². The maximum absolute atomic E-state index is 6.11. The molecule has 0 N–H and O–H groups in total. The topological polar surface area (TPSA) is 9.23 Å². The molecule has 0 aromatic rings. The summed E-state index contributed by atoms with van der Waals surface area (Å²) in [6.45, 7) is 10.9. The Kier molecular flexibility index (Phi) is 3.53. The van der Waals surface area contributed by atoms with Gasteiger partial charge in [0.25, 0.3) is 0 Å². The van der Waals surface area contributed by atoms with Crippen molar-refractivity contribution >= 4 is 0 Å². The third kappa shape index (κ3) is 2.57. The van der Waals surface area contributed by atoms with Crippen molar-refractivity contribution in [3.05, 3.63) is 23.8 Å². The number of hydrogen-bond donors (Lipinski definition) is 0. The summed E-state index contributed by atoms with van der Waals surface area (Å²) in [5.41, 5.74) is 2.92. The Morgan fingerprint density at radius 2 is 2.00 bits per heavy atom. The van der Waals surface area contributed by atoms with Gasteiger partial charge in [0.15, 0.2) is 0 Å². The van der Waals surface area contributed by atoms with E-state index in [-0.39, 0.29) is 0 Å². The minimum absolute atomic E-state index is 0.366. The molecule has 2 aliphatic rings. The molecular weight excluding hydrogens is 196 g/mol. The summed E-state index contributed by atoms with van der Waals surface area (Å²) in [5.74, 6) is 1.45. The first-order chi connectivity index (χ1) is 7.56. The van der Waals surface area contributed by atoms with E-state index in [9.17, 15) is 0 Å². The van der Waals surface area contributed by atoms with Crippen LogP contribution in [0.25, 0.3) is 0 Å². The van der Waals surface area contributed by atoms with Gasteiger partial charge in [-0.2, -0.15) is 0 Å². The Morgan fingerprint density at radius 3 is 2.62 bits per heavy atom. The lowest BCUT2D eigenvalue weighted by Gasteiger charge is -2.39. The molecule has 1 heterocycles. The van der Waals surface area contributed by atoms with Crippen LogP contribution in [0.3, 0.4) is 0 Å². The first kappa shape index (κ1) is 11.9. The summed E-state index contributed by atoms with van der Waals surface area (Å²) in [6, 6.07) is 0. The van der Waals surface area contributed by atoms with Crippen LogP contribution in [-0.4, -0.2) is 12.2 Å². The number of hydrogen-bond acceptors (Lipinski definition) is 1. The maximum atomic E-state index is 6.11. The summed E-state index contributed by atoms with van der Waals surface area (Å²) in [6.07, 6.45) is 7.73. The van der Waals surface area contributed by atoms with Gasteiger partial charge in [0.1, 0.15) is 0 Å². The zero-order chi connectivity index (χ0) is 11.7. The second-order valence-electron chi connectivity index (χ2n) is 5.77. The smallest absolute Gasteiger partial charge is 0.0649 e. The van der Waals surface area contributed by atoms with Crippen LogP contribution >= 0.6 is 0 Å². The molecule has 0 radical (unpaired) electrons. The predicted octanol–water partition coefficient (Wildman–Crippen LogP) is 4.10. The number of allylic oxidation sites excluding steroid dienone is 2. The van der Waals surface area contributed by atoms with E-state index in [0.29, 0.717) is 18.1 Å².